The number of hydrogen-bond donors (Lipinski definition) is 2. The molecule has 1 aliphatic heterocycles. The standard InChI is InChI=1S/C15H18N2O5/c1-10(18)16-8-11-2-4-12(5-3-11)14(19)17-6-7-22-9-13(17)15(20)21/h2-5,13H,6-9H2,1H3,(H,16,18)(H,20,21). The van der Waals surface area contributed by atoms with Gasteiger partial charge in [0.15, 0.2) is 6.04 Å². The number of morpholine rings is 1. The lowest BCUT2D eigenvalue weighted by Gasteiger charge is -2.32. The van der Waals surface area contributed by atoms with E-state index in [-0.39, 0.29) is 25.0 Å². The highest BCUT2D eigenvalue weighted by atomic mass is 16.5. The van der Waals surface area contributed by atoms with Crippen LogP contribution in [0.1, 0.15) is 22.8 Å². The molecular formula is C15H18N2O5. The Morgan fingerprint density at radius 3 is 2.59 bits per heavy atom. The van der Waals surface area contributed by atoms with Gasteiger partial charge in [0.05, 0.1) is 13.2 Å². The second-order valence-electron chi connectivity index (χ2n) is 5.03. The number of benzene rings is 1. The average molecular weight is 306 g/mol. The fourth-order valence-electron chi connectivity index (χ4n) is 2.21. The van der Waals surface area contributed by atoms with E-state index in [4.69, 9.17) is 9.84 Å². The maximum absolute atomic E-state index is 12.4. The molecule has 22 heavy (non-hydrogen) atoms. The zero-order valence-corrected chi connectivity index (χ0v) is 12.2. The Morgan fingerprint density at radius 1 is 1.32 bits per heavy atom. The molecule has 0 aromatic heterocycles. The highest BCUT2D eigenvalue weighted by molar-refractivity contribution is 5.96. The lowest BCUT2D eigenvalue weighted by Crippen LogP contribution is -2.52. The number of carboxylic acids is 1. The molecule has 1 unspecified atom stereocenters. The predicted molar refractivity (Wildman–Crippen MR) is 77.2 cm³/mol. The third kappa shape index (κ3) is 3.82. The summed E-state index contributed by atoms with van der Waals surface area (Å²) in [6.07, 6.45) is 0. The van der Waals surface area contributed by atoms with E-state index < -0.39 is 12.0 Å². The van der Waals surface area contributed by atoms with Gasteiger partial charge in [-0.15, -0.1) is 0 Å². The molecule has 0 bridgehead atoms. The maximum atomic E-state index is 12.4. The van der Waals surface area contributed by atoms with Gasteiger partial charge < -0.3 is 20.1 Å². The van der Waals surface area contributed by atoms with Gasteiger partial charge >= 0.3 is 5.97 Å². The number of hydrogen-bond acceptors (Lipinski definition) is 4. The van der Waals surface area contributed by atoms with E-state index >= 15 is 0 Å². The monoisotopic (exact) mass is 306 g/mol. The Kier molecular flexibility index (Phi) is 5.11. The number of rotatable bonds is 4. The van der Waals surface area contributed by atoms with Crippen LogP contribution in [-0.2, 0) is 20.9 Å². The minimum Gasteiger partial charge on any atom is -0.480 e. The molecule has 1 aliphatic rings. The molecule has 0 spiro atoms. The van der Waals surface area contributed by atoms with Crippen molar-refractivity contribution in [3.8, 4) is 0 Å². The number of nitrogens with zero attached hydrogens (tertiary/aromatic N) is 1. The first-order valence-electron chi connectivity index (χ1n) is 6.94. The highest BCUT2D eigenvalue weighted by Gasteiger charge is 2.33. The highest BCUT2D eigenvalue weighted by Crippen LogP contribution is 2.14. The van der Waals surface area contributed by atoms with Crippen LogP contribution >= 0.6 is 0 Å². The van der Waals surface area contributed by atoms with Crippen molar-refractivity contribution in [2.75, 3.05) is 19.8 Å². The molecule has 7 heteroatoms. The molecule has 2 N–H and O–H groups in total. The number of carbonyl (C=O) groups excluding carboxylic acids is 2. The van der Waals surface area contributed by atoms with Crippen LogP contribution in [-0.4, -0.2) is 53.6 Å². The summed E-state index contributed by atoms with van der Waals surface area (Å²) in [6, 6.07) is 5.78. The van der Waals surface area contributed by atoms with Gasteiger partial charge in [-0.05, 0) is 17.7 Å². The second-order valence-corrected chi connectivity index (χ2v) is 5.03. The van der Waals surface area contributed by atoms with Gasteiger partial charge in [-0.2, -0.15) is 0 Å². The summed E-state index contributed by atoms with van der Waals surface area (Å²) < 4.78 is 5.12. The normalized spacial score (nSPS) is 17.9. The van der Waals surface area contributed by atoms with E-state index in [2.05, 4.69) is 5.32 Å². The van der Waals surface area contributed by atoms with Crippen molar-refractivity contribution in [2.24, 2.45) is 0 Å². The van der Waals surface area contributed by atoms with Gasteiger partial charge in [-0.3, -0.25) is 9.59 Å². The first-order valence-corrected chi connectivity index (χ1v) is 6.94. The third-order valence-corrected chi connectivity index (χ3v) is 3.42. The number of ether oxygens (including phenoxy) is 1. The Labute approximate surface area is 127 Å². The minimum atomic E-state index is -1.07. The van der Waals surface area contributed by atoms with E-state index in [0.717, 1.165) is 5.56 Å². The average Bonchev–Trinajstić information content (AvgIpc) is 2.52. The Hall–Kier alpha value is -2.41. The number of carbonyl (C=O) groups is 3. The predicted octanol–water partition coefficient (Wildman–Crippen LogP) is 0.248. The second kappa shape index (κ2) is 7.04. The summed E-state index contributed by atoms with van der Waals surface area (Å²) in [7, 11) is 0. The smallest absolute Gasteiger partial charge is 0.328 e. The Balaban J connectivity index is 2.08. The van der Waals surface area contributed by atoms with Crippen LogP contribution in [0.15, 0.2) is 24.3 Å². The number of carboxylic acid groups (broad SMARTS) is 1. The minimum absolute atomic E-state index is 0.00168. The zero-order chi connectivity index (χ0) is 16.1. The molecule has 1 heterocycles. The SMILES string of the molecule is CC(=O)NCc1ccc(C(=O)N2CCOCC2C(=O)O)cc1. The van der Waals surface area contributed by atoms with Crippen molar-refractivity contribution in [3.63, 3.8) is 0 Å². The Morgan fingerprint density at radius 2 is 2.00 bits per heavy atom. The van der Waals surface area contributed by atoms with Crippen LogP contribution in [0.4, 0.5) is 0 Å². The first kappa shape index (κ1) is 16.0. The topological polar surface area (TPSA) is 95.9 Å². The van der Waals surface area contributed by atoms with Crippen molar-refractivity contribution < 1.29 is 24.2 Å². The molecule has 118 valence electrons. The molecule has 1 aromatic rings. The molecule has 1 saturated heterocycles. The van der Waals surface area contributed by atoms with Crippen LogP contribution in [0.25, 0.3) is 0 Å². The summed E-state index contributed by atoms with van der Waals surface area (Å²) in [5, 5.41) is 11.8. The van der Waals surface area contributed by atoms with Crippen LogP contribution in [0, 0.1) is 0 Å². The van der Waals surface area contributed by atoms with E-state index in [1.165, 1.54) is 11.8 Å². The third-order valence-electron chi connectivity index (χ3n) is 3.42. The lowest BCUT2D eigenvalue weighted by atomic mass is 10.1. The van der Waals surface area contributed by atoms with Crippen molar-refractivity contribution in [1.82, 2.24) is 10.2 Å². The summed E-state index contributed by atoms with van der Waals surface area (Å²) in [6.45, 7) is 2.41. The van der Waals surface area contributed by atoms with Gasteiger partial charge in [0.25, 0.3) is 5.91 Å². The zero-order valence-electron chi connectivity index (χ0n) is 12.2. The van der Waals surface area contributed by atoms with Crippen LogP contribution in [0.2, 0.25) is 0 Å². The van der Waals surface area contributed by atoms with E-state index in [0.29, 0.717) is 18.7 Å². The van der Waals surface area contributed by atoms with Crippen LogP contribution in [0.3, 0.4) is 0 Å². The summed E-state index contributed by atoms with van der Waals surface area (Å²) in [5.41, 5.74) is 1.28. The number of nitrogens with one attached hydrogen (secondary N) is 1. The van der Waals surface area contributed by atoms with Crippen molar-refractivity contribution in [2.45, 2.75) is 19.5 Å². The fourth-order valence-corrected chi connectivity index (χ4v) is 2.21. The van der Waals surface area contributed by atoms with Gasteiger partial charge in [0, 0.05) is 25.6 Å². The molecule has 2 amide bonds. The molecule has 2 rings (SSSR count). The largest absolute Gasteiger partial charge is 0.480 e. The quantitative estimate of drug-likeness (QED) is 0.831. The van der Waals surface area contributed by atoms with E-state index in [9.17, 15) is 14.4 Å². The number of aliphatic carboxylic acids is 1. The Bertz CT molecular complexity index is 570. The molecule has 1 fully saturated rings. The maximum Gasteiger partial charge on any atom is 0.328 e. The first-order chi connectivity index (χ1) is 10.5. The van der Waals surface area contributed by atoms with Gasteiger partial charge in [0.2, 0.25) is 5.91 Å². The molecular weight excluding hydrogens is 288 g/mol. The molecule has 1 atom stereocenters. The van der Waals surface area contributed by atoms with E-state index in [1.54, 1.807) is 24.3 Å². The van der Waals surface area contributed by atoms with Crippen molar-refractivity contribution in [3.05, 3.63) is 35.4 Å². The van der Waals surface area contributed by atoms with Crippen molar-refractivity contribution in [1.29, 1.82) is 0 Å². The number of amides is 2. The van der Waals surface area contributed by atoms with E-state index in [1.807, 2.05) is 0 Å². The molecule has 0 aliphatic carbocycles. The molecule has 0 saturated carbocycles. The molecule has 1 aromatic carbocycles. The summed E-state index contributed by atoms with van der Waals surface area (Å²) in [4.78, 5) is 35.8. The van der Waals surface area contributed by atoms with Crippen molar-refractivity contribution >= 4 is 17.8 Å². The summed E-state index contributed by atoms with van der Waals surface area (Å²) >= 11 is 0. The summed E-state index contributed by atoms with van der Waals surface area (Å²) in [5.74, 6) is -1.53. The van der Waals surface area contributed by atoms with Gasteiger partial charge in [-0.1, -0.05) is 12.1 Å². The van der Waals surface area contributed by atoms with Crippen LogP contribution < -0.4 is 5.32 Å². The van der Waals surface area contributed by atoms with Gasteiger partial charge in [-0.25, -0.2) is 4.79 Å². The molecule has 7 nitrogen and oxygen atoms in total. The lowest BCUT2D eigenvalue weighted by molar-refractivity contribution is -0.147. The van der Waals surface area contributed by atoms with Crippen LogP contribution in [0.5, 0.6) is 0 Å². The van der Waals surface area contributed by atoms with Gasteiger partial charge in [0.1, 0.15) is 0 Å². The fraction of sp³-hybridized carbons (Fsp3) is 0.400. The molecule has 0 radical (unpaired) electrons.